The molecule has 0 bridgehead atoms. The summed E-state index contributed by atoms with van der Waals surface area (Å²) >= 11 is 5.51. The van der Waals surface area contributed by atoms with Gasteiger partial charge >= 0.3 is 0 Å². The van der Waals surface area contributed by atoms with Gasteiger partial charge in [-0.1, -0.05) is 24.9 Å². The van der Waals surface area contributed by atoms with Gasteiger partial charge in [-0.15, -0.1) is 0 Å². The first-order valence-corrected chi connectivity index (χ1v) is 5.51. The number of hydrogen-bond acceptors (Lipinski definition) is 2. The molecule has 3 nitrogen and oxygen atoms in total. The average Bonchev–Trinajstić information content (AvgIpc) is 2.28. The molecule has 0 saturated carbocycles. The van der Waals surface area contributed by atoms with Crippen molar-refractivity contribution in [3.63, 3.8) is 0 Å². The number of rotatable bonds is 4. The van der Waals surface area contributed by atoms with E-state index in [0.29, 0.717) is 6.54 Å². The highest BCUT2D eigenvalue weighted by atomic mass is 35.5. The molecule has 0 saturated heterocycles. The molecule has 16 heavy (non-hydrogen) atoms. The largest absolute Gasteiger partial charge is 0.342 e. The highest BCUT2D eigenvalue weighted by Gasteiger charge is 2.17. The number of carbonyl (C=O) groups is 1. The lowest BCUT2D eigenvalue weighted by Crippen LogP contribution is -2.28. The van der Waals surface area contributed by atoms with Gasteiger partial charge in [-0.3, -0.25) is 4.79 Å². The number of halogens is 2. The fourth-order valence-electron chi connectivity index (χ4n) is 1.29. The summed E-state index contributed by atoms with van der Waals surface area (Å²) in [6.45, 7) is 2.64. The minimum Gasteiger partial charge on any atom is -0.342 e. The van der Waals surface area contributed by atoms with Gasteiger partial charge in [0.05, 0.1) is 5.56 Å². The SMILES string of the molecule is CCCCN(C)C(=O)c1ccnc(Cl)c1F. The second-order valence-electron chi connectivity index (χ2n) is 3.54. The molecule has 1 aromatic rings. The highest BCUT2D eigenvalue weighted by Crippen LogP contribution is 2.16. The first kappa shape index (κ1) is 12.9. The second kappa shape index (κ2) is 5.80. The van der Waals surface area contributed by atoms with Crippen molar-refractivity contribution >= 4 is 17.5 Å². The molecule has 0 aliphatic rings. The van der Waals surface area contributed by atoms with Gasteiger partial charge in [-0.25, -0.2) is 9.37 Å². The zero-order valence-corrected chi connectivity index (χ0v) is 10.1. The van der Waals surface area contributed by atoms with Gasteiger partial charge in [0, 0.05) is 19.8 Å². The van der Waals surface area contributed by atoms with E-state index in [1.165, 1.54) is 17.2 Å². The van der Waals surface area contributed by atoms with Crippen LogP contribution in [-0.4, -0.2) is 29.4 Å². The lowest BCUT2D eigenvalue weighted by molar-refractivity contribution is 0.0788. The van der Waals surface area contributed by atoms with E-state index in [2.05, 4.69) is 4.98 Å². The van der Waals surface area contributed by atoms with Crippen LogP contribution in [-0.2, 0) is 0 Å². The van der Waals surface area contributed by atoms with Crippen molar-refractivity contribution in [3.8, 4) is 0 Å². The zero-order valence-electron chi connectivity index (χ0n) is 9.33. The molecule has 0 unspecified atom stereocenters. The number of nitrogens with zero attached hydrogens (tertiary/aromatic N) is 2. The Balaban J connectivity index is 2.84. The van der Waals surface area contributed by atoms with Crippen molar-refractivity contribution < 1.29 is 9.18 Å². The van der Waals surface area contributed by atoms with Crippen LogP contribution in [0, 0.1) is 5.82 Å². The molecule has 0 radical (unpaired) electrons. The zero-order chi connectivity index (χ0) is 12.1. The van der Waals surface area contributed by atoms with Crippen LogP contribution >= 0.6 is 11.6 Å². The lowest BCUT2D eigenvalue weighted by atomic mass is 10.2. The monoisotopic (exact) mass is 244 g/mol. The third kappa shape index (κ3) is 2.92. The second-order valence-corrected chi connectivity index (χ2v) is 3.90. The summed E-state index contributed by atoms with van der Waals surface area (Å²) < 4.78 is 13.5. The standard InChI is InChI=1S/C11H14ClFN2O/c1-3-4-7-15(2)11(16)8-5-6-14-10(12)9(8)13/h5-6H,3-4,7H2,1-2H3. The van der Waals surface area contributed by atoms with E-state index in [0.717, 1.165) is 12.8 Å². The molecule has 1 aromatic heterocycles. The number of hydrogen-bond donors (Lipinski definition) is 0. The maximum atomic E-state index is 13.5. The highest BCUT2D eigenvalue weighted by molar-refractivity contribution is 6.29. The molecule has 0 spiro atoms. The van der Waals surface area contributed by atoms with Crippen molar-refractivity contribution in [2.75, 3.05) is 13.6 Å². The fourth-order valence-corrected chi connectivity index (χ4v) is 1.44. The Hall–Kier alpha value is -1.16. The Bertz CT molecular complexity index is 384. The van der Waals surface area contributed by atoms with Crippen LogP contribution in [0.25, 0.3) is 0 Å². The van der Waals surface area contributed by atoms with Gasteiger partial charge in [0.15, 0.2) is 11.0 Å². The van der Waals surface area contributed by atoms with E-state index in [9.17, 15) is 9.18 Å². The maximum Gasteiger partial charge on any atom is 0.256 e. The molecule has 0 atom stereocenters. The molecular formula is C11H14ClFN2O. The number of carbonyl (C=O) groups excluding carboxylic acids is 1. The van der Waals surface area contributed by atoms with E-state index < -0.39 is 5.82 Å². The number of unbranched alkanes of at least 4 members (excludes halogenated alkanes) is 1. The van der Waals surface area contributed by atoms with E-state index in [1.54, 1.807) is 7.05 Å². The topological polar surface area (TPSA) is 33.2 Å². The van der Waals surface area contributed by atoms with E-state index in [-0.39, 0.29) is 16.6 Å². The van der Waals surface area contributed by atoms with E-state index in [4.69, 9.17) is 11.6 Å². The van der Waals surface area contributed by atoms with E-state index >= 15 is 0 Å². The third-order valence-electron chi connectivity index (χ3n) is 2.27. The van der Waals surface area contributed by atoms with Crippen LogP contribution in [0.3, 0.4) is 0 Å². The Morgan fingerprint density at radius 2 is 2.31 bits per heavy atom. The summed E-state index contributed by atoms with van der Waals surface area (Å²) in [6, 6.07) is 1.34. The quantitative estimate of drug-likeness (QED) is 0.763. The predicted octanol–water partition coefficient (Wildman–Crippen LogP) is 2.75. The van der Waals surface area contributed by atoms with Gasteiger partial charge in [0.2, 0.25) is 0 Å². The van der Waals surface area contributed by atoms with Crippen molar-refractivity contribution in [3.05, 3.63) is 28.8 Å². The first-order valence-electron chi connectivity index (χ1n) is 5.13. The first-order chi connectivity index (χ1) is 7.57. The molecule has 0 aliphatic carbocycles. The van der Waals surface area contributed by atoms with Crippen molar-refractivity contribution in [2.45, 2.75) is 19.8 Å². The normalized spacial score (nSPS) is 10.2. The molecule has 5 heteroatoms. The summed E-state index contributed by atoms with van der Waals surface area (Å²) in [7, 11) is 1.64. The molecule has 0 aromatic carbocycles. The molecule has 1 heterocycles. The van der Waals surface area contributed by atoms with E-state index in [1.807, 2.05) is 6.92 Å². The predicted molar refractivity (Wildman–Crippen MR) is 61.1 cm³/mol. The van der Waals surface area contributed by atoms with Crippen LogP contribution in [0.15, 0.2) is 12.3 Å². The summed E-state index contributed by atoms with van der Waals surface area (Å²) in [5.74, 6) is -1.12. The maximum absolute atomic E-state index is 13.5. The molecule has 0 aliphatic heterocycles. The van der Waals surface area contributed by atoms with Crippen molar-refractivity contribution in [1.29, 1.82) is 0 Å². The molecule has 1 rings (SSSR count). The van der Waals surface area contributed by atoms with Crippen LogP contribution < -0.4 is 0 Å². The van der Waals surface area contributed by atoms with Gasteiger partial charge in [0.25, 0.3) is 5.91 Å². The number of amides is 1. The molecule has 0 fully saturated rings. The number of pyridine rings is 1. The Labute approximate surface area is 99.2 Å². The minimum absolute atomic E-state index is 0.0291. The van der Waals surface area contributed by atoms with Crippen LogP contribution in [0.1, 0.15) is 30.1 Å². The fraction of sp³-hybridized carbons (Fsp3) is 0.455. The van der Waals surface area contributed by atoms with Gasteiger partial charge in [-0.2, -0.15) is 0 Å². The number of aromatic nitrogens is 1. The molecule has 1 amide bonds. The Morgan fingerprint density at radius 1 is 1.62 bits per heavy atom. The summed E-state index contributed by atoms with van der Waals surface area (Å²) in [6.07, 6.45) is 3.20. The summed E-state index contributed by atoms with van der Waals surface area (Å²) in [5.41, 5.74) is -0.0291. The van der Waals surface area contributed by atoms with Crippen molar-refractivity contribution in [1.82, 2.24) is 9.88 Å². The van der Waals surface area contributed by atoms with Crippen LogP contribution in [0.4, 0.5) is 4.39 Å². The Morgan fingerprint density at radius 3 is 2.94 bits per heavy atom. The molecular weight excluding hydrogens is 231 g/mol. The molecule has 0 N–H and O–H groups in total. The van der Waals surface area contributed by atoms with Crippen LogP contribution in [0.5, 0.6) is 0 Å². The lowest BCUT2D eigenvalue weighted by Gasteiger charge is -2.17. The van der Waals surface area contributed by atoms with Crippen LogP contribution in [0.2, 0.25) is 5.15 Å². The Kier molecular flexibility index (Phi) is 4.68. The summed E-state index contributed by atoms with van der Waals surface area (Å²) in [5, 5.41) is -0.269. The third-order valence-corrected chi connectivity index (χ3v) is 2.53. The minimum atomic E-state index is -0.752. The van der Waals surface area contributed by atoms with Crippen molar-refractivity contribution in [2.24, 2.45) is 0 Å². The van der Waals surface area contributed by atoms with Gasteiger partial charge < -0.3 is 4.90 Å². The molecule has 88 valence electrons. The van der Waals surface area contributed by atoms with Gasteiger partial charge in [-0.05, 0) is 12.5 Å². The average molecular weight is 245 g/mol. The van der Waals surface area contributed by atoms with Gasteiger partial charge in [0.1, 0.15) is 0 Å². The summed E-state index contributed by atoms with van der Waals surface area (Å²) in [4.78, 5) is 16.9. The smallest absolute Gasteiger partial charge is 0.256 e.